The molecule has 0 spiro atoms. The standard InChI is InChI=1S/C29H39FN4O5S/c1-17(35)15-39-23-10-19(24-18(2)32-16-40-24)6-7-20(23)12-31-13-21-11-22(36)14-34(21)26(37)25(28(3,4)5)33-27(38)29(30)8-9-29/h6-7,10,16,21-22,25,31,36H,8-9,11-15H2,1-5H3,(H,33,38)/t21-,22+,25+/m0/s1. The third-order valence-corrected chi connectivity index (χ3v) is 8.34. The molecule has 40 heavy (non-hydrogen) atoms. The normalized spacial score (nSPS) is 20.7. The van der Waals surface area contributed by atoms with Crippen molar-refractivity contribution in [1.29, 1.82) is 0 Å². The van der Waals surface area contributed by atoms with E-state index in [1.807, 2.05) is 45.9 Å². The number of carbonyl (C=O) groups excluding carboxylic acids is 3. The second-order valence-electron chi connectivity index (χ2n) is 12.0. The van der Waals surface area contributed by atoms with E-state index in [1.54, 1.807) is 10.4 Å². The summed E-state index contributed by atoms with van der Waals surface area (Å²) in [4.78, 5) is 44.7. The van der Waals surface area contributed by atoms with E-state index in [9.17, 15) is 23.9 Å². The van der Waals surface area contributed by atoms with Crippen LogP contribution in [0.5, 0.6) is 5.75 Å². The summed E-state index contributed by atoms with van der Waals surface area (Å²) in [5.41, 5.74) is 1.98. The van der Waals surface area contributed by atoms with Crippen LogP contribution in [0.1, 0.15) is 58.2 Å². The first-order valence-electron chi connectivity index (χ1n) is 13.6. The molecule has 0 radical (unpaired) electrons. The highest BCUT2D eigenvalue weighted by molar-refractivity contribution is 7.13. The molecular formula is C29H39FN4O5S. The molecule has 2 amide bonds. The third-order valence-electron chi connectivity index (χ3n) is 7.36. The number of amides is 2. The first kappa shape index (κ1) is 30.1. The minimum atomic E-state index is -1.88. The number of alkyl halides is 1. The van der Waals surface area contributed by atoms with Crippen LogP contribution in [0.15, 0.2) is 23.7 Å². The Morgan fingerprint density at radius 1 is 1.30 bits per heavy atom. The number of aliphatic hydroxyl groups excluding tert-OH is 1. The molecule has 2 heterocycles. The number of likely N-dealkylation sites (tertiary alicyclic amines) is 1. The van der Waals surface area contributed by atoms with Gasteiger partial charge in [-0.3, -0.25) is 14.4 Å². The maximum absolute atomic E-state index is 14.4. The van der Waals surface area contributed by atoms with E-state index in [4.69, 9.17) is 4.74 Å². The van der Waals surface area contributed by atoms with Crippen LogP contribution in [0.3, 0.4) is 0 Å². The first-order chi connectivity index (χ1) is 18.8. The Hall–Kier alpha value is -2.89. The zero-order chi connectivity index (χ0) is 29.2. The van der Waals surface area contributed by atoms with Gasteiger partial charge in [0.25, 0.3) is 5.91 Å². The van der Waals surface area contributed by atoms with Gasteiger partial charge in [-0.15, -0.1) is 11.3 Å². The predicted octanol–water partition coefficient (Wildman–Crippen LogP) is 3.17. The zero-order valence-electron chi connectivity index (χ0n) is 23.8. The highest BCUT2D eigenvalue weighted by Gasteiger charge is 2.53. The van der Waals surface area contributed by atoms with Gasteiger partial charge in [0.2, 0.25) is 5.91 Å². The molecule has 1 aromatic carbocycles. The number of aromatic nitrogens is 1. The Labute approximate surface area is 238 Å². The van der Waals surface area contributed by atoms with Crippen molar-refractivity contribution in [3.63, 3.8) is 0 Å². The van der Waals surface area contributed by atoms with E-state index >= 15 is 0 Å². The fraction of sp³-hybridized carbons (Fsp3) is 0.586. The summed E-state index contributed by atoms with van der Waals surface area (Å²) in [7, 11) is 0. The number of hydrogen-bond donors (Lipinski definition) is 3. The Morgan fingerprint density at radius 2 is 2.02 bits per heavy atom. The van der Waals surface area contributed by atoms with Crippen molar-refractivity contribution < 1.29 is 28.6 Å². The van der Waals surface area contributed by atoms with Crippen LogP contribution >= 0.6 is 11.3 Å². The number of ether oxygens (including phenoxy) is 1. The molecule has 2 aromatic rings. The largest absolute Gasteiger partial charge is 0.485 e. The highest BCUT2D eigenvalue weighted by Crippen LogP contribution is 2.40. The molecule has 1 aliphatic carbocycles. The molecule has 218 valence electrons. The summed E-state index contributed by atoms with van der Waals surface area (Å²) in [5.74, 6) is -0.579. The van der Waals surface area contributed by atoms with Gasteiger partial charge < -0.3 is 25.4 Å². The summed E-state index contributed by atoms with van der Waals surface area (Å²) >= 11 is 1.53. The van der Waals surface area contributed by atoms with Crippen LogP contribution < -0.4 is 15.4 Å². The maximum atomic E-state index is 14.4. The molecule has 2 aliphatic rings. The second-order valence-corrected chi connectivity index (χ2v) is 12.8. The monoisotopic (exact) mass is 574 g/mol. The molecule has 0 unspecified atom stereocenters. The van der Waals surface area contributed by atoms with Crippen molar-refractivity contribution in [3.05, 3.63) is 35.0 Å². The van der Waals surface area contributed by atoms with E-state index in [1.165, 1.54) is 18.3 Å². The Kier molecular flexibility index (Phi) is 8.96. The highest BCUT2D eigenvalue weighted by atomic mass is 32.1. The molecule has 9 nitrogen and oxygen atoms in total. The summed E-state index contributed by atoms with van der Waals surface area (Å²) in [6.07, 6.45) is 0.0247. The van der Waals surface area contributed by atoms with Crippen molar-refractivity contribution in [1.82, 2.24) is 20.5 Å². The van der Waals surface area contributed by atoms with Gasteiger partial charge in [-0.2, -0.15) is 0 Å². The number of rotatable bonds is 11. The van der Waals surface area contributed by atoms with Crippen LogP contribution in [0.25, 0.3) is 10.4 Å². The fourth-order valence-corrected chi connectivity index (χ4v) is 5.68. The van der Waals surface area contributed by atoms with Gasteiger partial charge in [-0.05, 0) is 50.2 Å². The van der Waals surface area contributed by atoms with E-state index in [2.05, 4.69) is 15.6 Å². The summed E-state index contributed by atoms with van der Waals surface area (Å²) in [6, 6.07) is 4.60. The van der Waals surface area contributed by atoms with Gasteiger partial charge >= 0.3 is 0 Å². The minimum Gasteiger partial charge on any atom is -0.485 e. The SMILES string of the molecule is CC(=O)COc1cc(-c2scnc2C)ccc1CNC[C@@H]1C[C@@H](O)CN1C(=O)[C@@H](NC(=O)C1(F)CC1)C(C)(C)C. The fourth-order valence-electron chi connectivity index (χ4n) is 4.88. The molecule has 1 aliphatic heterocycles. The number of ketones is 1. The lowest BCUT2D eigenvalue weighted by molar-refractivity contribution is -0.142. The minimum absolute atomic E-state index is 0.0463. The van der Waals surface area contributed by atoms with Crippen molar-refractivity contribution >= 4 is 28.9 Å². The van der Waals surface area contributed by atoms with E-state index < -0.39 is 29.1 Å². The molecule has 1 aromatic heterocycles. The van der Waals surface area contributed by atoms with Crippen LogP contribution in [0.2, 0.25) is 0 Å². The van der Waals surface area contributed by atoms with Crippen molar-refractivity contribution in [3.8, 4) is 16.2 Å². The molecule has 2 fully saturated rings. The molecule has 3 N–H and O–H groups in total. The molecule has 11 heteroatoms. The average Bonchev–Trinajstić information content (AvgIpc) is 3.31. The Balaban J connectivity index is 1.45. The lowest BCUT2D eigenvalue weighted by Gasteiger charge is -2.36. The predicted molar refractivity (Wildman–Crippen MR) is 151 cm³/mol. The number of hydrogen-bond acceptors (Lipinski definition) is 8. The number of aryl methyl sites for hydroxylation is 1. The maximum Gasteiger partial charge on any atom is 0.258 e. The van der Waals surface area contributed by atoms with Gasteiger partial charge in [0.1, 0.15) is 18.4 Å². The van der Waals surface area contributed by atoms with Crippen LogP contribution in [0, 0.1) is 12.3 Å². The number of nitrogens with zero attached hydrogens (tertiary/aromatic N) is 2. The number of aliphatic hydroxyl groups is 1. The smallest absolute Gasteiger partial charge is 0.258 e. The first-order valence-corrected chi connectivity index (χ1v) is 14.5. The average molecular weight is 575 g/mol. The van der Waals surface area contributed by atoms with Gasteiger partial charge in [0, 0.05) is 31.2 Å². The molecule has 1 saturated carbocycles. The lowest BCUT2D eigenvalue weighted by atomic mass is 9.85. The number of nitrogens with one attached hydrogen (secondary N) is 2. The quantitative estimate of drug-likeness (QED) is 0.377. The van der Waals surface area contributed by atoms with Crippen LogP contribution in [-0.2, 0) is 20.9 Å². The Bertz CT molecular complexity index is 1260. The zero-order valence-corrected chi connectivity index (χ0v) is 24.6. The van der Waals surface area contributed by atoms with Gasteiger partial charge in [0.05, 0.1) is 22.2 Å². The third kappa shape index (κ3) is 7.05. The summed E-state index contributed by atoms with van der Waals surface area (Å²) in [6.45, 7) is 9.79. The lowest BCUT2D eigenvalue weighted by Crippen LogP contribution is -2.58. The number of β-amino-alcohol motifs (C(OH)–C–C–N with tert-alkyl or cyclic N) is 1. The van der Waals surface area contributed by atoms with Crippen LogP contribution in [0.4, 0.5) is 4.39 Å². The van der Waals surface area contributed by atoms with Gasteiger partial charge in [0.15, 0.2) is 11.5 Å². The number of halogens is 1. The number of benzene rings is 1. The molecular weight excluding hydrogens is 535 g/mol. The van der Waals surface area contributed by atoms with Crippen molar-refractivity contribution in [2.45, 2.75) is 84.3 Å². The van der Waals surface area contributed by atoms with Gasteiger partial charge in [-0.1, -0.05) is 32.9 Å². The van der Waals surface area contributed by atoms with E-state index in [-0.39, 0.29) is 43.7 Å². The summed E-state index contributed by atoms with van der Waals surface area (Å²) in [5, 5.41) is 16.4. The topological polar surface area (TPSA) is 121 Å². The number of thiazole rings is 1. The molecule has 4 rings (SSSR count). The van der Waals surface area contributed by atoms with E-state index in [0.717, 1.165) is 21.7 Å². The van der Waals surface area contributed by atoms with Crippen molar-refractivity contribution in [2.75, 3.05) is 19.7 Å². The van der Waals surface area contributed by atoms with Crippen molar-refractivity contribution in [2.24, 2.45) is 5.41 Å². The van der Waals surface area contributed by atoms with Crippen LogP contribution in [-0.4, -0.2) is 76.1 Å². The summed E-state index contributed by atoms with van der Waals surface area (Å²) < 4.78 is 20.2. The molecule has 1 saturated heterocycles. The molecule has 0 bridgehead atoms. The Morgan fingerprint density at radius 3 is 2.62 bits per heavy atom. The molecule has 3 atom stereocenters. The van der Waals surface area contributed by atoms with Gasteiger partial charge in [-0.25, -0.2) is 9.37 Å². The number of carbonyl (C=O) groups is 3. The van der Waals surface area contributed by atoms with E-state index in [0.29, 0.717) is 25.3 Å². The second kappa shape index (κ2) is 11.9. The number of Topliss-reactive ketones (excluding diaryl/α,β-unsaturated/α-hetero) is 1.